The van der Waals surface area contributed by atoms with Crippen molar-refractivity contribution < 1.29 is 14.3 Å². The molecule has 1 aliphatic carbocycles. The molecule has 5 heteroatoms. The van der Waals surface area contributed by atoms with Gasteiger partial charge in [0.05, 0.1) is 0 Å². The van der Waals surface area contributed by atoms with E-state index in [2.05, 4.69) is 5.32 Å². The smallest absolute Gasteiger partial charge is 0.264 e. The molecule has 0 aromatic heterocycles. The SMILES string of the molecule is Cc1ccc(N(C)C(=O)COc2cccc(NC(=O)C3CC3)c2)c(C)c1. The van der Waals surface area contributed by atoms with Gasteiger partial charge in [-0.1, -0.05) is 23.8 Å². The molecule has 3 rings (SSSR count). The third-order valence-corrected chi connectivity index (χ3v) is 4.50. The lowest BCUT2D eigenvalue weighted by Crippen LogP contribution is -2.31. The first-order valence-electron chi connectivity index (χ1n) is 8.81. The Morgan fingerprint density at radius 3 is 2.62 bits per heavy atom. The minimum absolute atomic E-state index is 0.0489. The van der Waals surface area contributed by atoms with Crippen molar-refractivity contribution in [3.05, 3.63) is 53.6 Å². The van der Waals surface area contributed by atoms with E-state index in [1.807, 2.05) is 38.1 Å². The predicted molar refractivity (Wildman–Crippen MR) is 103 cm³/mol. The summed E-state index contributed by atoms with van der Waals surface area (Å²) in [5, 5.41) is 2.88. The van der Waals surface area contributed by atoms with Gasteiger partial charge in [0.15, 0.2) is 6.61 Å². The molecular formula is C21H24N2O3. The minimum Gasteiger partial charge on any atom is -0.484 e. The summed E-state index contributed by atoms with van der Waals surface area (Å²) < 4.78 is 5.63. The summed E-state index contributed by atoms with van der Waals surface area (Å²) in [7, 11) is 1.75. The molecule has 136 valence electrons. The monoisotopic (exact) mass is 352 g/mol. The van der Waals surface area contributed by atoms with Crippen LogP contribution in [0.2, 0.25) is 0 Å². The van der Waals surface area contributed by atoms with Crippen molar-refractivity contribution in [2.24, 2.45) is 5.92 Å². The van der Waals surface area contributed by atoms with Crippen LogP contribution in [0, 0.1) is 19.8 Å². The number of carbonyl (C=O) groups is 2. The number of aryl methyl sites for hydroxylation is 2. The Balaban J connectivity index is 1.59. The lowest BCUT2D eigenvalue weighted by Gasteiger charge is -2.20. The standard InChI is InChI=1S/C21H24N2O3/c1-14-7-10-19(15(2)11-14)23(3)20(24)13-26-18-6-4-5-17(12-18)22-21(25)16-8-9-16/h4-7,10-12,16H,8-9,13H2,1-3H3,(H,22,25). The average molecular weight is 352 g/mol. The van der Waals surface area contributed by atoms with E-state index >= 15 is 0 Å². The Morgan fingerprint density at radius 2 is 1.92 bits per heavy atom. The molecule has 2 amide bonds. The minimum atomic E-state index is -0.135. The van der Waals surface area contributed by atoms with Crippen molar-refractivity contribution in [3.63, 3.8) is 0 Å². The number of nitrogens with one attached hydrogen (secondary N) is 1. The zero-order chi connectivity index (χ0) is 18.7. The van der Waals surface area contributed by atoms with Crippen molar-refractivity contribution >= 4 is 23.2 Å². The molecule has 0 saturated heterocycles. The number of anilines is 2. The number of carbonyl (C=O) groups excluding carboxylic acids is 2. The Morgan fingerprint density at radius 1 is 1.15 bits per heavy atom. The van der Waals surface area contributed by atoms with Gasteiger partial charge in [0.1, 0.15) is 5.75 Å². The van der Waals surface area contributed by atoms with Crippen LogP contribution in [0.5, 0.6) is 5.75 Å². The van der Waals surface area contributed by atoms with Crippen LogP contribution >= 0.6 is 0 Å². The van der Waals surface area contributed by atoms with Crippen molar-refractivity contribution in [3.8, 4) is 5.75 Å². The van der Waals surface area contributed by atoms with Crippen LogP contribution < -0.4 is 15.0 Å². The molecule has 0 atom stereocenters. The van der Waals surface area contributed by atoms with Crippen LogP contribution in [-0.2, 0) is 9.59 Å². The summed E-state index contributed by atoms with van der Waals surface area (Å²) in [5.41, 5.74) is 3.77. The van der Waals surface area contributed by atoms with Gasteiger partial charge in [0, 0.05) is 30.4 Å². The van der Waals surface area contributed by atoms with Gasteiger partial charge in [-0.15, -0.1) is 0 Å². The highest BCUT2D eigenvalue weighted by molar-refractivity contribution is 5.95. The van der Waals surface area contributed by atoms with E-state index in [9.17, 15) is 9.59 Å². The average Bonchev–Trinajstić information content (AvgIpc) is 3.44. The van der Waals surface area contributed by atoms with Crippen molar-refractivity contribution in [2.45, 2.75) is 26.7 Å². The van der Waals surface area contributed by atoms with Crippen LogP contribution in [0.1, 0.15) is 24.0 Å². The van der Waals surface area contributed by atoms with Gasteiger partial charge in [0.25, 0.3) is 5.91 Å². The summed E-state index contributed by atoms with van der Waals surface area (Å²) in [6.45, 7) is 3.94. The van der Waals surface area contributed by atoms with E-state index < -0.39 is 0 Å². The largest absolute Gasteiger partial charge is 0.484 e. The molecule has 2 aromatic carbocycles. The molecule has 0 aliphatic heterocycles. The lowest BCUT2D eigenvalue weighted by atomic mass is 10.1. The number of amides is 2. The first-order chi connectivity index (χ1) is 12.4. The molecule has 0 unspecified atom stereocenters. The number of ether oxygens (including phenoxy) is 1. The maximum atomic E-state index is 12.4. The highest BCUT2D eigenvalue weighted by Gasteiger charge is 2.29. The van der Waals surface area contributed by atoms with Crippen LogP contribution in [0.4, 0.5) is 11.4 Å². The van der Waals surface area contributed by atoms with Gasteiger partial charge in [0.2, 0.25) is 5.91 Å². The highest BCUT2D eigenvalue weighted by Crippen LogP contribution is 2.30. The van der Waals surface area contributed by atoms with Gasteiger partial charge in [-0.2, -0.15) is 0 Å². The predicted octanol–water partition coefficient (Wildman–Crippen LogP) is 3.69. The van der Waals surface area contributed by atoms with Crippen LogP contribution in [0.3, 0.4) is 0 Å². The van der Waals surface area contributed by atoms with E-state index in [1.165, 1.54) is 0 Å². The zero-order valence-corrected chi connectivity index (χ0v) is 15.4. The summed E-state index contributed by atoms with van der Waals surface area (Å²) in [6, 6.07) is 13.1. The number of rotatable bonds is 6. The number of benzene rings is 2. The van der Waals surface area contributed by atoms with Gasteiger partial charge < -0.3 is 15.0 Å². The van der Waals surface area contributed by atoms with Crippen LogP contribution in [-0.4, -0.2) is 25.5 Å². The van der Waals surface area contributed by atoms with E-state index in [4.69, 9.17) is 4.74 Å². The van der Waals surface area contributed by atoms with E-state index in [1.54, 1.807) is 30.1 Å². The molecule has 0 radical (unpaired) electrons. The fourth-order valence-electron chi connectivity index (χ4n) is 2.81. The fourth-order valence-corrected chi connectivity index (χ4v) is 2.81. The Hall–Kier alpha value is -2.82. The molecular weight excluding hydrogens is 328 g/mol. The lowest BCUT2D eigenvalue weighted by molar-refractivity contribution is -0.120. The summed E-state index contributed by atoms with van der Waals surface area (Å²) in [5.74, 6) is 0.616. The molecule has 0 heterocycles. The molecule has 0 bridgehead atoms. The normalized spacial score (nSPS) is 13.2. The highest BCUT2D eigenvalue weighted by atomic mass is 16.5. The topological polar surface area (TPSA) is 58.6 Å². The molecule has 1 aliphatic rings. The number of nitrogens with zero attached hydrogens (tertiary/aromatic N) is 1. The molecule has 5 nitrogen and oxygen atoms in total. The molecule has 0 spiro atoms. The Labute approximate surface area is 154 Å². The number of hydrogen-bond donors (Lipinski definition) is 1. The number of likely N-dealkylation sites (N-methyl/N-ethyl adjacent to an activating group) is 1. The van der Waals surface area contributed by atoms with E-state index in [-0.39, 0.29) is 24.3 Å². The summed E-state index contributed by atoms with van der Waals surface area (Å²) in [6.07, 6.45) is 1.92. The molecule has 1 N–H and O–H groups in total. The van der Waals surface area contributed by atoms with Crippen molar-refractivity contribution in [1.29, 1.82) is 0 Å². The fraction of sp³-hybridized carbons (Fsp3) is 0.333. The summed E-state index contributed by atoms with van der Waals surface area (Å²) in [4.78, 5) is 25.9. The van der Waals surface area contributed by atoms with Gasteiger partial charge in [-0.3, -0.25) is 9.59 Å². The van der Waals surface area contributed by atoms with Crippen molar-refractivity contribution in [2.75, 3.05) is 23.9 Å². The second-order valence-corrected chi connectivity index (χ2v) is 6.82. The second kappa shape index (κ2) is 7.60. The first-order valence-corrected chi connectivity index (χ1v) is 8.81. The molecule has 1 saturated carbocycles. The van der Waals surface area contributed by atoms with Gasteiger partial charge in [-0.05, 0) is 50.5 Å². The quantitative estimate of drug-likeness (QED) is 0.862. The van der Waals surface area contributed by atoms with Gasteiger partial charge >= 0.3 is 0 Å². The maximum Gasteiger partial charge on any atom is 0.264 e. The zero-order valence-electron chi connectivity index (χ0n) is 15.4. The third-order valence-electron chi connectivity index (χ3n) is 4.50. The van der Waals surface area contributed by atoms with Crippen LogP contribution in [0.15, 0.2) is 42.5 Å². The van der Waals surface area contributed by atoms with Crippen LogP contribution in [0.25, 0.3) is 0 Å². The molecule has 2 aromatic rings. The second-order valence-electron chi connectivity index (χ2n) is 6.82. The first kappa shape index (κ1) is 18.0. The molecule has 1 fully saturated rings. The maximum absolute atomic E-state index is 12.4. The Kier molecular flexibility index (Phi) is 5.26. The van der Waals surface area contributed by atoms with Crippen molar-refractivity contribution in [1.82, 2.24) is 0 Å². The molecule has 26 heavy (non-hydrogen) atoms. The van der Waals surface area contributed by atoms with Gasteiger partial charge in [-0.25, -0.2) is 0 Å². The van der Waals surface area contributed by atoms with E-state index in [0.29, 0.717) is 11.4 Å². The number of hydrogen-bond acceptors (Lipinski definition) is 3. The van der Waals surface area contributed by atoms with E-state index in [0.717, 1.165) is 29.7 Å². The summed E-state index contributed by atoms with van der Waals surface area (Å²) >= 11 is 0. The third kappa shape index (κ3) is 4.42. The Bertz CT molecular complexity index is 828.